The van der Waals surface area contributed by atoms with Crippen LogP contribution >= 0.6 is 39.1 Å². The molecule has 0 atom stereocenters. The SMILES string of the molecule is FC(F)(F)c1cc(Cl)nc(Oc2cc(Br)ccc2Cl)c1. The molecule has 20 heavy (non-hydrogen) atoms. The zero-order chi connectivity index (χ0) is 14.9. The molecule has 0 aliphatic rings. The average Bonchev–Trinajstić information content (AvgIpc) is 2.32. The Labute approximate surface area is 130 Å². The van der Waals surface area contributed by atoms with Gasteiger partial charge in [0.05, 0.1) is 10.6 Å². The summed E-state index contributed by atoms with van der Waals surface area (Å²) in [5.41, 5.74) is -0.946. The molecule has 0 fully saturated rings. The lowest BCUT2D eigenvalue weighted by Gasteiger charge is -2.11. The van der Waals surface area contributed by atoms with Crippen molar-refractivity contribution in [3.8, 4) is 11.6 Å². The van der Waals surface area contributed by atoms with Gasteiger partial charge in [0.1, 0.15) is 10.9 Å². The van der Waals surface area contributed by atoms with Gasteiger partial charge in [0.2, 0.25) is 5.88 Å². The first-order valence-corrected chi connectivity index (χ1v) is 6.68. The third-order valence-corrected chi connectivity index (χ3v) is 3.20. The van der Waals surface area contributed by atoms with Crippen molar-refractivity contribution in [3.05, 3.63) is 50.5 Å². The first-order valence-electron chi connectivity index (χ1n) is 5.13. The largest absolute Gasteiger partial charge is 0.437 e. The smallest absolute Gasteiger partial charge is 0.416 e. The minimum atomic E-state index is -4.54. The molecule has 106 valence electrons. The molecule has 0 unspecified atom stereocenters. The summed E-state index contributed by atoms with van der Waals surface area (Å²) in [7, 11) is 0. The van der Waals surface area contributed by atoms with Crippen LogP contribution in [-0.4, -0.2) is 4.98 Å². The van der Waals surface area contributed by atoms with Gasteiger partial charge >= 0.3 is 6.18 Å². The fraction of sp³-hybridized carbons (Fsp3) is 0.0833. The van der Waals surface area contributed by atoms with Crippen molar-refractivity contribution in [2.45, 2.75) is 6.18 Å². The van der Waals surface area contributed by atoms with E-state index in [1.807, 2.05) is 0 Å². The molecule has 0 N–H and O–H groups in total. The van der Waals surface area contributed by atoms with Crippen LogP contribution in [0.3, 0.4) is 0 Å². The highest BCUT2D eigenvalue weighted by atomic mass is 79.9. The summed E-state index contributed by atoms with van der Waals surface area (Å²) in [6.07, 6.45) is -4.54. The Hall–Kier alpha value is -0.980. The van der Waals surface area contributed by atoms with Gasteiger partial charge in [0.15, 0.2) is 0 Å². The minimum absolute atomic E-state index is 0.170. The molecule has 0 saturated carbocycles. The van der Waals surface area contributed by atoms with Crippen LogP contribution in [0.25, 0.3) is 0 Å². The monoisotopic (exact) mass is 385 g/mol. The Balaban J connectivity index is 2.39. The summed E-state index contributed by atoms with van der Waals surface area (Å²) in [4.78, 5) is 3.68. The van der Waals surface area contributed by atoms with E-state index < -0.39 is 11.7 Å². The van der Waals surface area contributed by atoms with Gasteiger partial charge in [0, 0.05) is 10.5 Å². The summed E-state index contributed by atoms with van der Waals surface area (Å²) in [5.74, 6) is -0.117. The summed E-state index contributed by atoms with van der Waals surface area (Å²) >= 11 is 14.7. The zero-order valence-corrected chi connectivity index (χ0v) is 12.6. The number of pyridine rings is 1. The maximum absolute atomic E-state index is 12.7. The standard InChI is InChI=1S/C12H5BrCl2F3NO/c13-7-1-2-8(14)9(5-7)20-11-4-6(12(16,17)18)3-10(15)19-11/h1-5H. The molecule has 0 bridgehead atoms. The summed E-state index contributed by atoms with van der Waals surface area (Å²) in [5, 5.41) is -0.0792. The second kappa shape index (κ2) is 5.79. The Kier molecular flexibility index (Phi) is 4.46. The van der Waals surface area contributed by atoms with Crippen molar-refractivity contribution >= 4 is 39.1 Å². The minimum Gasteiger partial charge on any atom is -0.437 e. The predicted octanol–water partition coefficient (Wildman–Crippen LogP) is 5.96. The van der Waals surface area contributed by atoms with Gasteiger partial charge in [-0.05, 0) is 24.3 Å². The van der Waals surface area contributed by atoms with E-state index in [1.165, 1.54) is 12.1 Å². The number of aromatic nitrogens is 1. The van der Waals surface area contributed by atoms with E-state index in [1.54, 1.807) is 6.07 Å². The van der Waals surface area contributed by atoms with Crippen molar-refractivity contribution in [3.63, 3.8) is 0 Å². The van der Waals surface area contributed by atoms with E-state index in [2.05, 4.69) is 20.9 Å². The summed E-state index contributed by atoms with van der Waals surface area (Å²) < 4.78 is 43.9. The van der Waals surface area contributed by atoms with Gasteiger partial charge in [-0.2, -0.15) is 13.2 Å². The lowest BCUT2D eigenvalue weighted by molar-refractivity contribution is -0.137. The van der Waals surface area contributed by atoms with Gasteiger partial charge in [-0.1, -0.05) is 39.1 Å². The summed E-state index contributed by atoms with van der Waals surface area (Å²) in [6.45, 7) is 0. The van der Waals surface area contributed by atoms with E-state index in [9.17, 15) is 13.2 Å². The topological polar surface area (TPSA) is 22.1 Å². The first-order chi connectivity index (χ1) is 9.25. The highest BCUT2D eigenvalue weighted by molar-refractivity contribution is 9.10. The number of nitrogens with zero attached hydrogens (tertiary/aromatic N) is 1. The quantitative estimate of drug-likeness (QED) is 0.594. The maximum Gasteiger partial charge on any atom is 0.416 e. The number of rotatable bonds is 2. The molecule has 2 aromatic rings. The first kappa shape index (κ1) is 15.4. The van der Waals surface area contributed by atoms with Crippen LogP contribution in [0.2, 0.25) is 10.2 Å². The van der Waals surface area contributed by atoms with Crippen LogP contribution in [-0.2, 0) is 6.18 Å². The van der Waals surface area contributed by atoms with Crippen molar-refractivity contribution in [1.29, 1.82) is 0 Å². The Morgan fingerprint density at radius 2 is 1.80 bits per heavy atom. The Morgan fingerprint density at radius 1 is 1.10 bits per heavy atom. The maximum atomic E-state index is 12.7. The van der Waals surface area contributed by atoms with Crippen LogP contribution in [0.1, 0.15) is 5.56 Å². The van der Waals surface area contributed by atoms with E-state index in [4.69, 9.17) is 27.9 Å². The van der Waals surface area contributed by atoms with Gasteiger partial charge in [-0.25, -0.2) is 4.98 Å². The highest BCUT2D eigenvalue weighted by Gasteiger charge is 2.32. The van der Waals surface area contributed by atoms with Gasteiger partial charge in [-0.3, -0.25) is 0 Å². The Bertz CT molecular complexity index is 649. The molecule has 8 heteroatoms. The van der Waals surface area contributed by atoms with Gasteiger partial charge < -0.3 is 4.74 Å². The van der Waals surface area contributed by atoms with Gasteiger partial charge in [-0.15, -0.1) is 0 Å². The average molecular weight is 387 g/mol. The molecule has 1 aromatic carbocycles. The number of hydrogen-bond donors (Lipinski definition) is 0. The predicted molar refractivity (Wildman–Crippen MR) is 73.5 cm³/mol. The molecule has 2 rings (SSSR count). The van der Waals surface area contributed by atoms with Gasteiger partial charge in [0.25, 0.3) is 0 Å². The Morgan fingerprint density at radius 3 is 2.45 bits per heavy atom. The molecular weight excluding hydrogens is 382 g/mol. The van der Waals surface area contributed by atoms with Crippen LogP contribution in [0.5, 0.6) is 11.6 Å². The number of ether oxygens (including phenoxy) is 1. The van der Waals surface area contributed by atoms with Crippen molar-refractivity contribution in [2.24, 2.45) is 0 Å². The normalized spacial score (nSPS) is 11.5. The van der Waals surface area contributed by atoms with Crippen LogP contribution in [0.4, 0.5) is 13.2 Å². The van der Waals surface area contributed by atoms with E-state index in [-0.39, 0.29) is 21.8 Å². The molecular formula is C12H5BrCl2F3NO. The van der Waals surface area contributed by atoms with Crippen LogP contribution < -0.4 is 4.74 Å². The molecule has 0 aliphatic heterocycles. The van der Waals surface area contributed by atoms with E-state index >= 15 is 0 Å². The molecule has 0 radical (unpaired) electrons. The lowest BCUT2D eigenvalue weighted by Crippen LogP contribution is -2.05. The van der Waals surface area contributed by atoms with Crippen LogP contribution in [0, 0.1) is 0 Å². The molecule has 2 nitrogen and oxygen atoms in total. The molecule has 1 aromatic heterocycles. The second-order valence-corrected chi connectivity index (χ2v) is 5.40. The molecule has 0 amide bonds. The number of benzene rings is 1. The molecule has 0 saturated heterocycles. The molecule has 1 heterocycles. The van der Waals surface area contributed by atoms with E-state index in [0.717, 1.165) is 12.1 Å². The van der Waals surface area contributed by atoms with Crippen molar-refractivity contribution in [2.75, 3.05) is 0 Å². The van der Waals surface area contributed by atoms with Crippen molar-refractivity contribution in [1.82, 2.24) is 4.98 Å². The van der Waals surface area contributed by atoms with E-state index in [0.29, 0.717) is 4.47 Å². The fourth-order valence-corrected chi connectivity index (χ4v) is 2.05. The number of alkyl halides is 3. The molecule has 0 spiro atoms. The zero-order valence-electron chi connectivity index (χ0n) is 9.51. The number of halogens is 6. The lowest BCUT2D eigenvalue weighted by atomic mass is 10.2. The van der Waals surface area contributed by atoms with Crippen molar-refractivity contribution < 1.29 is 17.9 Å². The highest BCUT2D eigenvalue weighted by Crippen LogP contribution is 2.36. The number of hydrogen-bond acceptors (Lipinski definition) is 2. The second-order valence-electron chi connectivity index (χ2n) is 3.69. The molecule has 0 aliphatic carbocycles. The van der Waals surface area contributed by atoms with Crippen LogP contribution in [0.15, 0.2) is 34.8 Å². The fourth-order valence-electron chi connectivity index (χ4n) is 1.36. The third-order valence-electron chi connectivity index (χ3n) is 2.21. The third kappa shape index (κ3) is 3.77. The summed E-state index contributed by atoms with van der Waals surface area (Å²) in [6, 6.07) is 6.19.